The Labute approximate surface area is 90.6 Å². The van der Waals surface area contributed by atoms with Gasteiger partial charge in [0, 0.05) is 1.43 Å². The molecule has 0 aromatic rings. The minimum absolute atomic E-state index is 0. The van der Waals surface area contributed by atoms with Crippen LogP contribution in [-0.4, -0.2) is 0 Å². The first-order valence-corrected chi connectivity index (χ1v) is 5.96. The molecule has 0 aromatic carbocycles. The summed E-state index contributed by atoms with van der Waals surface area (Å²) in [5.41, 5.74) is 3.20. The summed E-state index contributed by atoms with van der Waals surface area (Å²) in [5, 5.41) is 0. The van der Waals surface area contributed by atoms with Crippen LogP contribution in [0.5, 0.6) is 0 Å². The molecule has 0 heterocycles. The lowest BCUT2D eigenvalue weighted by Gasteiger charge is -2.19. The summed E-state index contributed by atoms with van der Waals surface area (Å²) in [6.45, 7) is 9.23. The molecule has 0 saturated heterocycles. The van der Waals surface area contributed by atoms with Crippen LogP contribution in [0.1, 0.15) is 54.8 Å². The van der Waals surface area contributed by atoms with Gasteiger partial charge in [0.1, 0.15) is 0 Å². The SMILES string of the molecule is CC1=CC=C(C(C)CCC(C)C)CC1.[HH]. The molecule has 0 radical (unpaired) electrons. The predicted molar refractivity (Wildman–Crippen MR) is 66.4 cm³/mol. The summed E-state index contributed by atoms with van der Waals surface area (Å²) in [6.07, 6.45) is 9.94. The molecule has 0 nitrogen and oxygen atoms in total. The van der Waals surface area contributed by atoms with Crippen molar-refractivity contribution in [2.45, 2.75) is 53.4 Å². The Morgan fingerprint density at radius 3 is 2.36 bits per heavy atom. The van der Waals surface area contributed by atoms with E-state index in [0.717, 1.165) is 11.8 Å². The van der Waals surface area contributed by atoms with Crippen molar-refractivity contribution in [2.24, 2.45) is 11.8 Å². The van der Waals surface area contributed by atoms with E-state index < -0.39 is 0 Å². The Kier molecular flexibility index (Phi) is 4.44. The van der Waals surface area contributed by atoms with E-state index >= 15 is 0 Å². The molecule has 1 aliphatic rings. The minimum Gasteiger partial charge on any atom is -0.0730 e. The molecular formula is C14H26. The first kappa shape index (κ1) is 11.6. The number of hydrogen-bond donors (Lipinski definition) is 0. The van der Waals surface area contributed by atoms with Gasteiger partial charge in [-0.1, -0.05) is 50.5 Å². The van der Waals surface area contributed by atoms with Gasteiger partial charge in [0.2, 0.25) is 0 Å². The smallest absolute Gasteiger partial charge is 0 e. The highest BCUT2D eigenvalue weighted by Gasteiger charge is 2.11. The van der Waals surface area contributed by atoms with Crippen molar-refractivity contribution in [2.75, 3.05) is 0 Å². The Hall–Kier alpha value is -0.520. The molecule has 1 aliphatic carbocycles. The molecule has 0 N–H and O–H groups in total. The van der Waals surface area contributed by atoms with E-state index in [1.54, 1.807) is 5.57 Å². The van der Waals surface area contributed by atoms with Gasteiger partial charge >= 0.3 is 0 Å². The largest absolute Gasteiger partial charge is 0.0730 e. The third-order valence-electron chi connectivity index (χ3n) is 3.20. The second-order valence-corrected chi connectivity index (χ2v) is 5.13. The van der Waals surface area contributed by atoms with Crippen LogP contribution in [0.4, 0.5) is 0 Å². The van der Waals surface area contributed by atoms with Gasteiger partial charge < -0.3 is 0 Å². The van der Waals surface area contributed by atoms with Gasteiger partial charge in [-0.3, -0.25) is 0 Å². The van der Waals surface area contributed by atoms with Gasteiger partial charge in [0.05, 0.1) is 0 Å². The Balaban J connectivity index is 0.00000196. The fourth-order valence-corrected chi connectivity index (χ4v) is 1.94. The van der Waals surface area contributed by atoms with E-state index in [9.17, 15) is 0 Å². The van der Waals surface area contributed by atoms with Gasteiger partial charge in [-0.05, 0) is 38.0 Å². The first-order chi connectivity index (χ1) is 6.59. The van der Waals surface area contributed by atoms with Crippen molar-refractivity contribution in [3.8, 4) is 0 Å². The fraction of sp³-hybridized carbons (Fsp3) is 0.714. The maximum Gasteiger partial charge on any atom is 0 e. The standard InChI is InChI=1S/C14H24.H2/c1-11(2)5-8-13(4)14-9-6-12(3)7-10-14;/h6,9,11,13H,5,7-8,10H2,1-4H3;1H. The first-order valence-electron chi connectivity index (χ1n) is 5.96. The molecule has 1 atom stereocenters. The molecule has 0 aromatic heterocycles. The molecule has 14 heavy (non-hydrogen) atoms. The third-order valence-corrected chi connectivity index (χ3v) is 3.20. The van der Waals surface area contributed by atoms with Gasteiger partial charge in [-0.25, -0.2) is 0 Å². The summed E-state index contributed by atoms with van der Waals surface area (Å²) < 4.78 is 0. The zero-order valence-electron chi connectivity index (χ0n) is 10.1. The number of rotatable bonds is 4. The van der Waals surface area contributed by atoms with Crippen LogP contribution < -0.4 is 0 Å². The second kappa shape index (κ2) is 5.38. The molecule has 1 rings (SSSR count). The molecule has 0 bridgehead atoms. The highest BCUT2D eigenvalue weighted by atomic mass is 14.2. The monoisotopic (exact) mass is 194 g/mol. The average Bonchev–Trinajstić information content (AvgIpc) is 2.15. The van der Waals surface area contributed by atoms with Crippen molar-refractivity contribution in [3.63, 3.8) is 0 Å². The van der Waals surface area contributed by atoms with Gasteiger partial charge in [0.15, 0.2) is 0 Å². The summed E-state index contributed by atoms with van der Waals surface area (Å²) in [4.78, 5) is 0. The van der Waals surface area contributed by atoms with Crippen molar-refractivity contribution in [1.82, 2.24) is 0 Å². The van der Waals surface area contributed by atoms with E-state index in [-0.39, 0.29) is 1.43 Å². The maximum atomic E-state index is 2.38. The normalized spacial score (nSPS) is 19.2. The molecule has 0 aliphatic heterocycles. The Morgan fingerprint density at radius 2 is 1.86 bits per heavy atom. The van der Waals surface area contributed by atoms with E-state index in [0.29, 0.717) is 0 Å². The van der Waals surface area contributed by atoms with Crippen molar-refractivity contribution < 1.29 is 1.43 Å². The molecule has 0 heteroatoms. The quantitative estimate of drug-likeness (QED) is 0.592. The van der Waals surface area contributed by atoms with Crippen molar-refractivity contribution in [1.29, 1.82) is 0 Å². The molecule has 0 fully saturated rings. The molecule has 1 unspecified atom stereocenters. The van der Waals surface area contributed by atoms with Gasteiger partial charge in [-0.15, -0.1) is 0 Å². The number of allylic oxidation sites excluding steroid dienone is 4. The van der Waals surface area contributed by atoms with Crippen LogP contribution in [0.25, 0.3) is 0 Å². The highest BCUT2D eigenvalue weighted by Crippen LogP contribution is 2.27. The third kappa shape index (κ3) is 3.69. The topological polar surface area (TPSA) is 0 Å². The lowest BCUT2D eigenvalue weighted by Crippen LogP contribution is -2.04. The summed E-state index contributed by atoms with van der Waals surface area (Å²) >= 11 is 0. The molecule has 0 saturated carbocycles. The molecule has 82 valence electrons. The summed E-state index contributed by atoms with van der Waals surface area (Å²) in [5.74, 6) is 1.64. The van der Waals surface area contributed by atoms with E-state index in [4.69, 9.17) is 0 Å². The summed E-state index contributed by atoms with van der Waals surface area (Å²) in [6, 6.07) is 0. The van der Waals surface area contributed by atoms with Crippen LogP contribution in [-0.2, 0) is 0 Å². The van der Waals surface area contributed by atoms with Crippen molar-refractivity contribution >= 4 is 0 Å². The summed E-state index contributed by atoms with van der Waals surface area (Å²) in [7, 11) is 0. The Bertz CT molecular complexity index is 236. The van der Waals surface area contributed by atoms with Gasteiger partial charge in [-0.2, -0.15) is 0 Å². The lowest BCUT2D eigenvalue weighted by molar-refractivity contribution is 0.480. The lowest BCUT2D eigenvalue weighted by atomic mass is 9.86. The van der Waals surface area contributed by atoms with Crippen LogP contribution in [0.15, 0.2) is 23.3 Å². The van der Waals surface area contributed by atoms with Crippen LogP contribution in [0, 0.1) is 11.8 Å². The second-order valence-electron chi connectivity index (χ2n) is 5.13. The predicted octanol–water partition coefficient (Wildman–Crippen LogP) is 4.97. The van der Waals surface area contributed by atoms with E-state index in [2.05, 4.69) is 39.8 Å². The molecule has 0 amide bonds. The zero-order valence-corrected chi connectivity index (χ0v) is 10.1. The molecule has 0 spiro atoms. The highest BCUT2D eigenvalue weighted by molar-refractivity contribution is 5.24. The molecular weight excluding hydrogens is 168 g/mol. The van der Waals surface area contributed by atoms with E-state index in [1.807, 2.05) is 0 Å². The number of hydrogen-bond acceptors (Lipinski definition) is 0. The average molecular weight is 194 g/mol. The van der Waals surface area contributed by atoms with Crippen LogP contribution >= 0.6 is 0 Å². The minimum atomic E-state index is 0. The maximum absolute atomic E-state index is 2.38. The Morgan fingerprint density at radius 1 is 1.14 bits per heavy atom. The zero-order chi connectivity index (χ0) is 10.6. The van der Waals surface area contributed by atoms with Crippen LogP contribution in [0.3, 0.4) is 0 Å². The van der Waals surface area contributed by atoms with E-state index in [1.165, 1.54) is 31.3 Å². The van der Waals surface area contributed by atoms with Crippen LogP contribution in [0.2, 0.25) is 0 Å². The fourth-order valence-electron chi connectivity index (χ4n) is 1.94. The van der Waals surface area contributed by atoms with Crippen molar-refractivity contribution in [3.05, 3.63) is 23.3 Å². The van der Waals surface area contributed by atoms with Gasteiger partial charge in [0.25, 0.3) is 0 Å².